The lowest BCUT2D eigenvalue weighted by atomic mass is 9.98. The van der Waals surface area contributed by atoms with Crippen molar-refractivity contribution in [2.45, 2.75) is 38.6 Å². The van der Waals surface area contributed by atoms with E-state index < -0.39 is 0 Å². The lowest BCUT2D eigenvalue weighted by molar-refractivity contribution is -0.122. The van der Waals surface area contributed by atoms with Gasteiger partial charge in [0, 0.05) is 19.6 Å². The van der Waals surface area contributed by atoms with Crippen LogP contribution in [0.2, 0.25) is 0 Å². The van der Waals surface area contributed by atoms with Crippen molar-refractivity contribution < 1.29 is 9.53 Å². The summed E-state index contributed by atoms with van der Waals surface area (Å²) in [6.07, 6.45) is 7.69. The van der Waals surface area contributed by atoms with E-state index in [0.29, 0.717) is 18.4 Å². The number of rotatable bonds is 6. The Morgan fingerprint density at radius 1 is 1.42 bits per heavy atom. The molecule has 2 atom stereocenters. The molecule has 7 heteroatoms. The first-order valence-corrected chi connectivity index (χ1v) is 8.97. The van der Waals surface area contributed by atoms with Gasteiger partial charge in [-0.2, -0.15) is 4.98 Å². The number of hydrogen-bond acceptors (Lipinski definition) is 6. The van der Waals surface area contributed by atoms with Crippen molar-refractivity contribution in [1.29, 1.82) is 0 Å². The Balaban J connectivity index is 1.52. The summed E-state index contributed by atoms with van der Waals surface area (Å²) >= 11 is 0. The second-order valence-corrected chi connectivity index (χ2v) is 6.50. The Morgan fingerprint density at radius 2 is 2.33 bits per heavy atom. The molecule has 2 saturated heterocycles. The summed E-state index contributed by atoms with van der Waals surface area (Å²) in [7, 11) is 0. The maximum absolute atomic E-state index is 12.1. The molecule has 0 aromatic carbocycles. The molecule has 0 bridgehead atoms. The van der Waals surface area contributed by atoms with Crippen molar-refractivity contribution >= 4 is 11.7 Å². The standard InChI is InChI=1S/C17H27N5O2/c1-2-24-16-11-18-10-15(21-16)22-8-4-5-13(12-22)9-20-17(23)14-6-3-7-19-14/h10-11,13-14,19H,2-9,12H2,1H3,(H,20,23). The second-order valence-electron chi connectivity index (χ2n) is 6.50. The number of piperidine rings is 1. The zero-order chi connectivity index (χ0) is 16.8. The van der Waals surface area contributed by atoms with Gasteiger partial charge in [-0.15, -0.1) is 0 Å². The van der Waals surface area contributed by atoms with E-state index in [1.165, 1.54) is 0 Å². The molecule has 1 aromatic rings. The van der Waals surface area contributed by atoms with Crippen LogP contribution in [0.25, 0.3) is 0 Å². The highest BCUT2D eigenvalue weighted by atomic mass is 16.5. The minimum Gasteiger partial charge on any atom is -0.477 e. The average Bonchev–Trinajstić information content (AvgIpc) is 3.15. The third-order valence-corrected chi connectivity index (χ3v) is 4.68. The zero-order valence-corrected chi connectivity index (χ0v) is 14.3. The van der Waals surface area contributed by atoms with Crippen molar-refractivity contribution in [3.05, 3.63) is 12.4 Å². The normalized spacial score (nSPS) is 24.0. The van der Waals surface area contributed by atoms with Gasteiger partial charge in [0.1, 0.15) is 0 Å². The molecule has 2 aliphatic heterocycles. The van der Waals surface area contributed by atoms with E-state index in [1.807, 2.05) is 6.92 Å². The molecule has 2 unspecified atom stereocenters. The van der Waals surface area contributed by atoms with Crippen molar-refractivity contribution in [1.82, 2.24) is 20.6 Å². The number of hydrogen-bond donors (Lipinski definition) is 2. The van der Waals surface area contributed by atoms with E-state index in [0.717, 1.165) is 57.7 Å². The largest absolute Gasteiger partial charge is 0.477 e. The Bertz CT molecular complexity index is 548. The Hall–Kier alpha value is -1.89. The number of ether oxygens (including phenoxy) is 1. The molecule has 2 N–H and O–H groups in total. The summed E-state index contributed by atoms with van der Waals surface area (Å²) in [5.41, 5.74) is 0. The summed E-state index contributed by atoms with van der Waals surface area (Å²) in [6, 6.07) is -0.00145. The molecule has 132 valence electrons. The van der Waals surface area contributed by atoms with Crippen LogP contribution in [0.1, 0.15) is 32.6 Å². The summed E-state index contributed by atoms with van der Waals surface area (Å²) in [5, 5.41) is 6.35. The molecule has 3 heterocycles. The average molecular weight is 333 g/mol. The SMILES string of the molecule is CCOc1cncc(N2CCCC(CNC(=O)C3CCCN3)C2)n1. The van der Waals surface area contributed by atoms with Crippen LogP contribution in [0.4, 0.5) is 5.82 Å². The van der Waals surface area contributed by atoms with Crippen LogP contribution in [0.15, 0.2) is 12.4 Å². The Kier molecular flexibility index (Phi) is 5.85. The van der Waals surface area contributed by atoms with Crippen molar-refractivity contribution in [2.75, 3.05) is 37.7 Å². The van der Waals surface area contributed by atoms with Crippen LogP contribution in [0.3, 0.4) is 0 Å². The Morgan fingerprint density at radius 3 is 3.12 bits per heavy atom. The zero-order valence-electron chi connectivity index (χ0n) is 14.3. The van der Waals surface area contributed by atoms with E-state index in [1.54, 1.807) is 12.4 Å². The summed E-state index contributed by atoms with van der Waals surface area (Å²) in [5.74, 6) is 2.01. The molecule has 0 radical (unpaired) electrons. The van der Waals surface area contributed by atoms with E-state index >= 15 is 0 Å². The van der Waals surface area contributed by atoms with Gasteiger partial charge in [-0.3, -0.25) is 9.78 Å². The number of carbonyl (C=O) groups excluding carboxylic acids is 1. The monoisotopic (exact) mass is 333 g/mol. The molecule has 0 spiro atoms. The van der Waals surface area contributed by atoms with Crippen LogP contribution in [0.5, 0.6) is 5.88 Å². The fourth-order valence-electron chi connectivity index (χ4n) is 3.42. The predicted molar refractivity (Wildman–Crippen MR) is 92.2 cm³/mol. The molecule has 2 aliphatic rings. The third kappa shape index (κ3) is 4.35. The van der Waals surface area contributed by atoms with Gasteiger partial charge in [0.05, 0.1) is 25.0 Å². The van der Waals surface area contributed by atoms with Crippen LogP contribution in [0, 0.1) is 5.92 Å². The van der Waals surface area contributed by atoms with Gasteiger partial charge in [-0.1, -0.05) is 0 Å². The highest BCUT2D eigenvalue weighted by molar-refractivity contribution is 5.81. The van der Waals surface area contributed by atoms with E-state index in [4.69, 9.17) is 4.74 Å². The van der Waals surface area contributed by atoms with E-state index in [9.17, 15) is 4.79 Å². The van der Waals surface area contributed by atoms with Gasteiger partial charge in [-0.25, -0.2) is 0 Å². The first-order chi connectivity index (χ1) is 11.8. The van der Waals surface area contributed by atoms with Crippen molar-refractivity contribution in [2.24, 2.45) is 5.92 Å². The van der Waals surface area contributed by atoms with Crippen LogP contribution in [-0.4, -0.2) is 54.7 Å². The quantitative estimate of drug-likeness (QED) is 0.807. The number of nitrogens with zero attached hydrogens (tertiary/aromatic N) is 3. The van der Waals surface area contributed by atoms with Crippen LogP contribution in [-0.2, 0) is 4.79 Å². The van der Waals surface area contributed by atoms with Gasteiger partial charge in [0.15, 0.2) is 5.82 Å². The Labute approximate surface area is 143 Å². The van der Waals surface area contributed by atoms with E-state index in [2.05, 4.69) is 25.5 Å². The first-order valence-electron chi connectivity index (χ1n) is 8.97. The molecule has 24 heavy (non-hydrogen) atoms. The molecule has 1 amide bonds. The molecule has 7 nitrogen and oxygen atoms in total. The number of anilines is 1. The fourth-order valence-corrected chi connectivity index (χ4v) is 3.42. The highest BCUT2D eigenvalue weighted by Crippen LogP contribution is 2.22. The number of amides is 1. The van der Waals surface area contributed by atoms with Gasteiger partial charge >= 0.3 is 0 Å². The number of carbonyl (C=O) groups is 1. The molecular weight excluding hydrogens is 306 g/mol. The summed E-state index contributed by atoms with van der Waals surface area (Å²) in [6.45, 7) is 6.06. The molecular formula is C17H27N5O2. The molecule has 0 saturated carbocycles. The first kappa shape index (κ1) is 17.0. The maximum atomic E-state index is 12.1. The predicted octanol–water partition coefficient (Wildman–Crippen LogP) is 0.960. The van der Waals surface area contributed by atoms with Crippen LogP contribution >= 0.6 is 0 Å². The minimum atomic E-state index is -0.00145. The number of nitrogens with one attached hydrogen (secondary N) is 2. The smallest absolute Gasteiger partial charge is 0.237 e. The fraction of sp³-hybridized carbons (Fsp3) is 0.706. The molecule has 1 aromatic heterocycles. The minimum absolute atomic E-state index is 0.00145. The lowest BCUT2D eigenvalue weighted by Crippen LogP contribution is -2.45. The van der Waals surface area contributed by atoms with Crippen molar-refractivity contribution in [3.8, 4) is 5.88 Å². The topological polar surface area (TPSA) is 79.4 Å². The van der Waals surface area contributed by atoms with Gasteiger partial charge < -0.3 is 20.3 Å². The summed E-state index contributed by atoms with van der Waals surface area (Å²) < 4.78 is 5.44. The van der Waals surface area contributed by atoms with Gasteiger partial charge in [0.2, 0.25) is 11.8 Å². The van der Waals surface area contributed by atoms with Crippen LogP contribution < -0.4 is 20.3 Å². The van der Waals surface area contributed by atoms with Crippen molar-refractivity contribution in [3.63, 3.8) is 0 Å². The molecule has 0 aliphatic carbocycles. The van der Waals surface area contributed by atoms with E-state index in [-0.39, 0.29) is 11.9 Å². The summed E-state index contributed by atoms with van der Waals surface area (Å²) in [4.78, 5) is 23.1. The highest BCUT2D eigenvalue weighted by Gasteiger charge is 2.25. The molecule has 3 rings (SSSR count). The maximum Gasteiger partial charge on any atom is 0.237 e. The number of aromatic nitrogens is 2. The van der Waals surface area contributed by atoms with Gasteiger partial charge in [-0.05, 0) is 45.1 Å². The third-order valence-electron chi connectivity index (χ3n) is 4.68. The second kappa shape index (κ2) is 8.28. The lowest BCUT2D eigenvalue weighted by Gasteiger charge is -2.33. The van der Waals surface area contributed by atoms with Gasteiger partial charge in [0.25, 0.3) is 0 Å². The molecule has 2 fully saturated rings.